The number of piperazine rings is 1. The average molecular weight is 374 g/mol. The van der Waals surface area contributed by atoms with Gasteiger partial charge in [-0.05, 0) is 12.1 Å². The van der Waals surface area contributed by atoms with Gasteiger partial charge in [-0.3, -0.25) is 0 Å². The van der Waals surface area contributed by atoms with E-state index in [0.29, 0.717) is 0 Å². The molecule has 1 aliphatic heterocycles. The number of nitrogens with two attached hydrogens (primary N) is 2. The Kier molecular flexibility index (Phi) is 5.91. The van der Waals surface area contributed by atoms with Crippen LogP contribution in [0.1, 0.15) is 0 Å². The molecule has 1 aliphatic rings. The molecule has 2 aromatic carbocycles. The summed E-state index contributed by atoms with van der Waals surface area (Å²) in [5.74, 6) is 0. The maximum Gasteiger partial charge on any atom is 0.125 e. The van der Waals surface area contributed by atoms with Crippen LogP contribution in [0, 0.1) is 0 Å². The van der Waals surface area contributed by atoms with Crippen molar-refractivity contribution < 1.29 is 36.6 Å². The van der Waals surface area contributed by atoms with Gasteiger partial charge in [-0.1, -0.05) is 24.3 Å². The van der Waals surface area contributed by atoms with E-state index >= 15 is 0 Å². The molecule has 0 radical (unpaired) electrons. The van der Waals surface area contributed by atoms with Crippen molar-refractivity contribution in [1.29, 1.82) is 0 Å². The molecule has 0 unspecified atom stereocenters. The minimum atomic E-state index is -4.74. The Morgan fingerprint density at radius 2 is 1.00 bits per heavy atom. The first-order valence-electron chi connectivity index (χ1n) is 7.28. The molecule has 132 valence electrons. The van der Waals surface area contributed by atoms with Crippen molar-refractivity contribution >= 4 is 31.0 Å². The van der Waals surface area contributed by atoms with Crippen molar-refractivity contribution in [2.24, 2.45) is 0 Å². The minimum absolute atomic E-state index is 0.0792. The molecule has 10 heteroatoms. The molecule has 0 saturated carbocycles. The van der Waals surface area contributed by atoms with Gasteiger partial charge in [0.25, 0.3) is 0 Å². The van der Waals surface area contributed by atoms with Gasteiger partial charge in [0.15, 0.2) is 0 Å². The summed E-state index contributed by atoms with van der Waals surface area (Å²) in [4.78, 5) is -1.10. The lowest BCUT2D eigenvalue weighted by Gasteiger charge is -2.14. The van der Waals surface area contributed by atoms with Gasteiger partial charge < -0.3 is 19.7 Å². The Bertz CT molecular complexity index is 839. The number of fused-ring (bicyclic) bond motifs is 1. The normalized spacial score (nSPS) is 15.6. The monoisotopic (exact) mass is 374 g/mol. The molecule has 4 N–H and O–H groups in total. The SMILES string of the molecule is C1C[NH2+]CC[NH2+]1.O=S(=O)([O-])c1cccc2c(S(=O)(=O)[O-])cccc12. The first-order valence-corrected chi connectivity index (χ1v) is 10.1. The summed E-state index contributed by atoms with van der Waals surface area (Å²) in [6, 6.07) is 7.09. The highest BCUT2D eigenvalue weighted by Gasteiger charge is 2.12. The summed E-state index contributed by atoms with van der Waals surface area (Å²) >= 11 is 0. The third kappa shape index (κ3) is 4.72. The quantitative estimate of drug-likeness (QED) is 0.569. The molecule has 0 aliphatic carbocycles. The molecule has 1 heterocycles. The van der Waals surface area contributed by atoms with Crippen LogP contribution in [0.25, 0.3) is 10.8 Å². The maximum atomic E-state index is 11.0. The van der Waals surface area contributed by atoms with Gasteiger partial charge in [0.2, 0.25) is 0 Å². The Morgan fingerprint density at radius 1 is 0.667 bits per heavy atom. The first kappa shape index (κ1) is 18.8. The standard InChI is InChI=1S/C10H8O6S2.C4H10N2/c11-17(12,13)9-5-1-3-7-8(9)4-2-6-10(7)18(14,15)16;1-2-6-4-3-5-1/h1-6H,(H,11,12,13)(H,14,15,16);5-6H,1-4H2. The fourth-order valence-electron chi connectivity index (χ4n) is 2.45. The molecule has 2 aromatic rings. The number of rotatable bonds is 2. The zero-order chi connectivity index (χ0) is 17.8. The maximum absolute atomic E-state index is 11.0. The van der Waals surface area contributed by atoms with Crippen LogP contribution in [0.3, 0.4) is 0 Å². The van der Waals surface area contributed by atoms with Crippen molar-refractivity contribution in [3.05, 3.63) is 36.4 Å². The number of hydrogen-bond acceptors (Lipinski definition) is 6. The number of quaternary nitrogens is 2. The fraction of sp³-hybridized carbons (Fsp3) is 0.286. The minimum Gasteiger partial charge on any atom is -0.744 e. The molecule has 1 saturated heterocycles. The van der Waals surface area contributed by atoms with E-state index in [-0.39, 0.29) is 10.8 Å². The molecule has 0 atom stereocenters. The van der Waals surface area contributed by atoms with Gasteiger partial charge in [0.05, 0.1) is 9.79 Å². The van der Waals surface area contributed by atoms with E-state index in [4.69, 9.17) is 0 Å². The largest absolute Gasteiger partial charge is 0.744 e. The highest BCUT2D eigenvalue weighted by molar-refractivity contribution is 7.86. The van der Waals surface area contributed by atoms with Crippen molar-refractivity contribution in [2.45, 2.75) is 9.79 Å². The summed E-state index contributed by atoms with van der Waals surface area (Å²) in [6.45, 7) is 5.28. The average Bonchev–Trinajstić information content (AvgIpc) is 2.54. The summed E-state index contributed by atoms with van der Waals surface area (Å²) in [7, 11) is -9.48. The highest BCUT2D eigenvalue weighted by Crippen LogP contribution is 2.27. The lowest BCUT2D eigenvalue weighted by Crippen LogP contribution is -3.04. The van der Waals surface area contributed by atoms with Gasteiger partial charge in [0.1, 0.15) is 46.4 Å². The molecule has 1 fully saturated rings. The van der Waals surface area contributed by atoms with Crippen LogP contribution >= 0.6 is 0 Å². The molecule has 0 bridgehead atoms. The topological polar surface area (TPSA) is 148 Å². The van der Waals surface area contributed by atoms with Crippen molar-refractivity contribution in [1.82, 2.24) is 0 Å². The van der Waals surface area contributed by atoms with Gasteiger partial charge in [-0.25, -0.2) is 16.8 Å². The summed E-state index contributed by atoms with van der Waals surface area (Å²) in [5.41, 5.74) is 0. The highest BCUT2D eigenvalue weighted by atomic mass is 32.2. The Morgan fingerprint density at radius 3 is 1.25 bits per heavy atom. The van der Waals surface area contributed by atoms with Gasteiger partial charge >= 0.3 is 0 Å². The molecule has 0 spiro atoms. The number of hydrogen-bond donors (Lipinski definition) is 2. The smallest absolute Gasteiger partial charge is 0.125 e. The van der Waals surface area contributed by atoms with E-state index in [1.807, 2.05) is 0 Å². The Labute approximate surface area is 140 Å². The third-order valence-corrected chi connectivity index (χ3v) is 5.32. The zero-order valence-corrected chi connectivity index (χ0v) is 14.3. The van der Waals surface area contributed by atoms with Gasteiger partial charge in [-0.2, -0.15) is 0 Å². The first-order chi connectivity index (χ1) is 11.2. The second-order valence-electron chi connectivity index (χ2n) is 5.25. The Hall–Kier alpha value is -1.56. The zero-order valence-electron chi connectivity index (χ0n) is 12.7. The predicted molar refractivity (Wildman–Crippen MR) is 83.2 cm³/mol. The predicted octanol–water partition coefficient (Wildman–Crippen LogP) is -2.23. The van der Waals surface area contributed by atoms with E-state index in [9.17, 15) is 25.9 Å². The van der Waals surface area contributed by atoms with Crippen LogP contribution in [0.4, 0.5) is 0 Å². The fourth-order valence-corrected chi connectivity index (χ4v) is 3.83. The van der Waals surface area contributed by atoms with E-state index in [1.165, 1.54) is 50.4 Å². The second kappa shape index (κ2) is 7.55. The van der Waals surface area contributed by atoms with E-state index in [2.05, 4.69) is 10.6 Å². The van der Waals surface area contributed by atoms with Crippen LogP contribution in [-0.2, 0) is 20.2 Å². The van der Waals surface area contributed by atoms with Gasteiger partial charge in [0, 0.05) is 10.8 Å². The van der Waals surface area contributed by atoms with Crippen molar-refractivity contribution in [2.75, 3.05) is 26.2 Å². The van der Waals surface area contributed by atoms with Crippen LogP contribution in [0.5, 0.6) is 0 Å². The van der Waals surface area contributed by atoms with Gasteiger partial charge in [-0.15, -0.1) is 0 Å². The molecular weight excluding hydrogens is 356 g/mol. The molecule has 3 rings (SSSR count). The van der Waals surface area contributed by atoms with Crippen LogP contribution in [0.2, 0.25) is 0 Å². The third-order valence-electron chi connectivity index (χ3n) is 3.53. The lowest BCUT2D eigenvalue weighted by molar-refractivity contribution is -0.787. The molecule has 0 aromatic heterocycles. The number of benzene rings is 2. The molecule has 0 amide bonds. The van der Waals surface area contributed by atoms with E-state index in [1.54, 1.807) is 0 Å². The lowest BCUT2D eigenvalue weighted by atomic mass is 10.1. The van der Waals surface area contributed by atoms with Crippen LogP contribution in [-0.4, -0.2) is 52.1 Å². The van der Waals surface area contributed by atoms with E-state index in [0.717, 1.165) is 12.1 Å². The Balaban J connectivity index is 0.000000292. The van der Waals surface area contributed by atoms with E-state index < -0.39 is 30.0 Å². The molecule has 8 nitrogen and oxygen atoms in total. The van der Waals surface area contributed by atoms with Crippen LogP contribution < -0.4 is 10.6 Å². The second-order valence-corrected chi connectivity index (χ2v) is 7.94. The summed E-state index contributed by atoms with van der Waals surface area (Å²) < 4.78 is 66.1. The van der Waals surface area contributed by atoms with Crippen molar-refractivity contribution in [3.63, 3.8) is 0 Å². The molecular formula is C14H18N2O6S2. The molecule has 24 heavy (non-hydrogen) atoms. The van der Waals surface area contributed by atoms with Crippen molar-refractivity contribution in [3.8, 4) is 0 Å². The summed E-state index contributed by atoms with van der Waals surface area (Å²) in [5, 5.41) is 4.56. The summed E-state index contributed by atoms with van der Waals surface area (Å²) in [6.07, 6.45) is 0. The van der Waals surface area contributed by atoms with Crippen LogP contribution in [0.15, 0.2) is 46.2 Å².